The number of nitrogens with one attached hydrogen (secondary N) is 1. The smallest absolute Gasteiger partial charge is 0.314 e. The summed E-state index contributed by atoms with van der Waals surface area (Å²) in [6, 6.07) is 5.75. The van der Waals surface area contributed by atoms with Gasteiger partial charge in [0.15, 0.2) is 0 Å². The van der Waals surface area contributed by atoms with E-state index >= 15 is 0 Å². The van der Waals surface area contributed by atoms with Gasteiger partial charge in [0.1, 0.15) is 0 Å². The van der Waals surface area contributed by atoms with Gasteiger partial charge in [-0.05, 0) is 18.4 Å². The van der Waals surface area contributed by atoms with Crippen LogP contribution < -0.4 is 0 Å². The highest BCUT2D eigenvalue weighted by Crippen LogP contribution is 2.43. The summed E-state index contributed by atoms with van der Waals surface area (Å²) in [5.41, 5.74) is 0.993. The van der Waals surface area contributed by atoms with Crippen LogP contribution in [0.15, 0.2) is 24.4 Å². The van der Waals surface area contributed by atoms with Crippen molar-refractivity contribution in [3.63, 3.8) is 0 Å². The highest BCUT2D eigenvalue weighted by atomic mass is 35.5. The fourth-order valence-corrected chi connectivity index (χ4v) is 3.48. The Bertz CT molecular complexity index is 626. The third-order valence-electron chi connectivity index (χ3n) is 4.30. The lowest BCUT2D eigenvalue weighted by atomic mass is 9.69. The summed E-state index contributed by atoms with van der Waals surface area (Å²) in [4.78, 5) is 15.0. The van der Waals surface area contributed by atoms with E-state index < -0.39 is 11.4 Å². The molecule has 1 fully saturated rings. The van der Waals surface area contributed by atoms with E-state index in [2.05, 4.69) is 4.98 Å². The molecule has 1 aromatic heterocycles. The van der Waals surface area contributed by atoms with E-state index in [1.54, 1.807) is 6.20 Å². The third-order valence-corrected chi connectivity index (χ3v) is 4.61. The lowest BCUT2D eigenvalue weighted by Crippen LogP contribution is -2.38. The Kier molecular flexibility index (Phi) is 3.02. The molecule has 0 amide bonds. The maximum absolute atomic E-state index is 11.9. The Morgan fingerprint density at radius 3 is 2.68 bits per heavy atom. The number of hydrogen-bond donors (Lipinski definition) is 2. The molecule has 4 heteroatoms. The van der Waals surface area contributed by atoms with Gasteiger partial charge in [0.25, 0.3) is 0 Å². The molecule has 3 nitrogen and oxygen atoms in total. The second-order valence-corrected chi connectivity index (χ2v) is 5.72. The van der Waals surface area contributed by atoms with Crippen LogP contribution in [0.25, 0.3) is 10.9 Å². The number of carboxylic acid groups (broad SMARTS) is 1. The average Bonchev–Trinajstić information content (AvgIpc) is 2.81. The zero-order valence-corrected chi connectivity index (χ0v) is 11.3. The highest BCUT2D eigenvalue weighted by molar-refractivity contribution is 6.35. The first-order chi connectivity index (χ1) is 9.15. The van der Waals surface area contributed by atoms with Crippen LogP contribution in [0.4, 0.5) is 0 Å². The number of fused-ring (bicyclic) bond motifs is 1. The lowest BCUT2D eigenvalue weighted by Gasteiger charge is -2.34. The number of carbonyl (C=O) groups is 1. The molecule has 2 N–H and O–H groups in total. The normalized spacial score (nSPS) is 18.6. The van der Waals surface area contributed by atoms with Crippen LogP contribution in [-0.4, -0.2) is 16.1 Å². The van der Waals surface area contributed by atoms with E-state index in [1.165, 1.54) is 0 Å². The minimum absolute atomic E-state index is 0.646. The standard InChI is InChI=1S/C15H16ClNO2/c16-12-9-17-13-10(12)5-4-6-11(13)15(14(18)19)7-2-1-3-8-15/h4-6,9,17H,1-3,7-8H2,(H,18,19). The van der Waals surface area contributed by atoms with Crippen molar-refractivity contribution in [1.29, 1.82) is 0 Å². The maximum Gasteiger partial charge on any atom is 0.314 e. The number of para-hydroxylation sites is 1. The Hall–Kier alpha value is -1.48. The molecule has 1 aromatic carbocycles. The van der Waals surface area contributed by atoms with Crippen LogP contribution >= 0.6 is 11.6 Å². The third kappa shape index (κ3) is 1.84. The van der Waals surface area contributed by atoms with Crippen molar-refractivity contribution < 1.29 is 9.90 Å². The van der Waals surface area contributed by atoms with Crippen molar-refractivity contribution in [1.82, 2.24) is 4.98 Å². The first-order valence-electron chi connectivity index (χ1n) is 6.65. The molecule has 0 spiro atoms. The quantitative estimate of drug-likeness (QED) is 0.868. The van der Waals surface area contributed by atoms with Crippen LogP contribution in [-0.2, 0) is 10.2 Å². The molecule has 3 rings (SSSR count). The molecule has 2 aromatic rings. The molecule has 0 unspecified atom stereocenters. The van der Waals surface area contributed by atoms with Gasteiger partial charge in [-0.2, -0.15) is 0 Å². The molecule has 1 saturated carbocycles. The zero-order valence-electron chi connectivity index (χ0n) is 10.6. The number of aromatic nitrogens is 1. The van der Waals surface area contributed by atoms with Crippen molar-refractivity contribution >= 4 is 28.5 Å². The lowest BCUT2D eigenvalue weighted by molar-refractivity contribution is -0.145. The van der Waals surface area contributed by atoms with Crippen LogP contribution in [0.5, 0.6) is 0 Å². The Balaban J connectivity index is 2.23. The van der Waals surface area contributed by atoms with Gasteiger partial charge in [0.2, 0.25) is 0 Å². The van der Waals surface area contributed by atoms with Gasteiger partial charge < -0.3 is 10.1 Å². The molecular formula is C15H16ClNO2. The van der Waals surface area contributed by atoms with Gasteiger partial charge in [0.05, 0.1) is 16.0 Å². The summed E-state index contributed by atoms with van der Waals surface area (Å²) in [6.45, 7) is 0. The van der Waals surface area contributed by atoms with Crippen molar-refractivity contribution in [3.8, 4) is 0 Å². The molecule has 0 aliphatic heterocycles. The van der Waals surface area contributed by atoms with Crippen molar-refractivity contribution in [3.05, 3.63) is 35.0 Å². The number of aromatic amines is 1. The number of benzene rings is 1. The molecular weight excluding hydrogens is 262 g/mol. The van der Waals surface area contributed by atoms with Crippen molar-refractivity contribution in [2.75, 3.05) is 0 Å². The van der Waals surface area contributed by atoms with Gasteiger partial charge in [0, 0.05) is 11.6 Å². The van der Waals surface area contributed by atoms with Crippen LogP contribution in [0.1, 0.15) is 37.7 Å². The summed E-state index contributed by atoms with van der Waals surface area (Å²) in [5, 5.41) is 11.3. The fraction of sp³-hybridized carbons (Fsp3) is 0.400. The number of carboxylic acids is 1. The largest absolute Gasteiger partial charge is 0.481 e. The van der Waals surface area contributed by atoms with Crippen molar-refractivity contribution in [2.24, 2.45) is 0 Å². The SMILES string of the molecule is O=C(O)C1(c2cccc3c(Cl)c[nH]c23)CCCCC1. The summed E-state index contributed by atoms with van der Waals surface area (Å²) in [6.07, 6.45) is 6.20. The van der Waals surface area contributed by atoms with Gasteiger partial charge in [-0.15, -0.1) is 0 Å². The second-order valence-electron chi connectivity index (χ2n) is 5.31. The molecule has 19 heavy (non-hydrogen) atoms. The van der Waals surface area contributed by atoms with E-state index in [4.69, 9.17) is 11.6 Å². The number of hydrogen-bond acceptors (Lipinski definition) is 1. The molecule has 0 bridgehead atoms. The Morgan fingerprint density at radius 2 is 2.00 bits per heavy atom. The van der Waals surface area contributed by atoms with E-state index in [1.807, 2.05) is 18.2 Å². The molecule has 0 atom stereocenters. The van der Waals surface area contributed by atoms with Crippen molar-refractivity contribution in [2.45, 2.75) is 37.5 Å². The molecule has 1 aliphatic rings. The van der Waals surface area contributed by atoms with E-state index in [9.17, 15) is 9.90 Å². The summed E-state index contributed by atoms with van der Waals surface area (Å²) >= 11 is 6.13. The van der Waals surface area contributed by atoms with E-state index in [-0.39, 0.29) is 0 Å². The van der Waals surface area contributed by atoms with Gasteiger partial charge in [-0.25, -0.2) is 0 Å². The van der Waals surface area contributed by atoms with Gasteiger partial charge >= 0.3 is 5.97 Å². The predicted octanol–water partition coefficient (Wildman–Crippen LogP) is 4.11. The minimum Gasteiger partial charge on any atom is -0.481 e. The monoisotopic (exact) mass is 277 g/mol. The second kappa shape index (κ2) is 4.57. The molecule has 0 saturated heterocycles. The Labute approximate surface area is 116 Å². The molecule has 1 heterocycles. The summed E-state index contributed by atoms with van der Waals surface area (Å²) in [7, 11) is 0. The van der Waals surface area contributed by atoms with E-state index in [0.717, 1.165) is 35.7 Å². The van der Waals surface area contributed by atoms with Gasteiger partial charge in [-0.3, -0.25) is 4.79 Å². The fourth-order valence-electron chi connectivity index (χ4n) is 3.27. The predicted molar refractivity (Wildman–Crippen MR) is 75.7 cm³/mol. The number of halogens is 1. The van der Waals surface area contributed by atoms with Crippen LogP contribution in [0, 0.1) is 0 Å². The van der Waals surface area contributed by atoms with E-state index in [0.29, 0.717) is 17.9 Å². The topological polar surface area (TPSA) is 53.1 Å². The number of rotatable bonds is 2. The number of aliphatic carboxylic acids is 1. The molecule has 1 aliphatic carbocycles. The van der Waals surface area contributed by atoms with Crippen LogP contribution in [0.3, 0.4) is 0 Å². The molecule has 100 valence electrons. The highest BCUT2D eigenvalue weighted by Gasteiger charge is 2.42. The van der Waals surface area contributed by atoms with Gasteiger partial charge in [-0.1, -0.05) is 49.1 Å². The minimum atomic E-state index is -0.758. The maximum atomic E-state index is 11.9. The first kappa shape index (κ1) is 12.5. The summed E-state index contributed by atoms with van der Waals surface area (Å²) < 4.78 is 0. The Morgan fingerprint density at radius 1 is 1.26 bits per heavy atom. The summed E-state index contributed by atoms with van der Waals surface area (Å²) in [5.74, 6) is -0.717. The van der Waals surface area contributed by atoms with Crippen LogP contribution in [0.2, 0.25) is 5.02 Å². The number of H-pyrrole nitrogens is 1. The zero-order chi connectivity index (χ0) is 13.5. The average molecular weight is 278 g/mol. The first-order valence-corrected chi connectivity index (χ1v) is 7.02. The molecule has 0 radical (unpaired) electrons.